The van der Waals surface area contributed by atoms with Gasteiger partial charge < -0.3 is 19.6 Å². The SMILES string of the molecule is COc1ccc(CCC(=O)OCC(=O)C(C#N)C(C)=N)cc1OC. The average molecular weight is 332 g/mol. The first-order valence-corrected chi connectivity index (χ1v) is 7.26. The van der Waals surface area contributed by atoms with E-state index in [-0.39, 0.29) is 12.1 Å². The molecule has 1 aromatic carbocycles. The number of hydrogen-bond donors (Lipinski definition) is 1. The third-order valence-electron chi connectivity index (χ3n) is 3.33. The van der Waals surface area contributed by atoms with Crippen LogP contribution in [0.5, 0.6) is 11.5 Å². The normalized spacial score (nSPS) is 11.1. The molecule has 0 saturated carbocycles. The fourth-order valence-corrected chi connectivity index (χ4v) is 2.00. The highest BCUT2D eigenvalue weighted by Crippen LogP contribution is 2.27. The Morgan fingerprint density at radius 3 is 2.46 bits per heavy atom. The smallest absolute Gasteiger partial charge is 0.306 e. The van der Waals surface area contributed by atoms with Gasteiger partial charge in [-0.25, -0.2) is 0 Å². The number of ether oxygens (including phenoxy) is 3. The summed E-state index contributed by atoms with van der Waals surface area (Å²) in [5, 5.41) is 16.1. The van der Waals surface area contributed by atoms with Gasteiger partial charge in [0.1, 0.15) is 5.92 Å². The topological polar surface area (TPSA) is 109 Å². The highest BCUT2D eigenvalue weighted by Gasteiger charge is 2.21. The van der Waals surface area contributed by atoms with Crippen LogP contribution in [0.1, 0.15) is 18.9 Å². The first kappa shape index (κ1) is 19.2. The van der Waals surface area contributed by atoms with Crippen molar-refractivity contribution >= 4 is 17.5 Å². The number of nitriles is 1. The lowest BCUT2D eigenvalue weighted by molar-refractivity contribution is -0.148. The van der Waals surface area contributed by atoms with Crippen LogP contribution < -0.4 is 9.47 Å². The van der Waals surface area contributed by atoms with Gasteiger partial charge in [-0.3, -0.25) is 9.59 Å². The van der Waals surface area contributed by atoms with Gasteiger partial charge in [0, 0.05) is 12.1 Å². The van der Waals surface area contributed by atoms with Crippen molar-refractivity contribution in [3.63, 3.8) is 0 Å². The minimum atomic E-state index is -1.16. The zero-order chi connectivity index (χ0) is 18.1. The Morgan fingerprint density at radius 2 is 1.92 bits per heavy atom. The Bertz CT molecular complexity index is 663. The molecular weight excluding hydrogens is 312 g/mol. The van der Waals surface area contributed by atoms with Crippen molar-refractivity contribution in [1.82, 2.24) is 0 Å². The summed E-state index contributed by atoms with van der Waals surface area (Å²) in [5.74, 6) is -1.14. The van der Waals surface area contributed by atoms with Crippen LogP contribution in [-0.4, -0.2) is 38.3 Å². The van der Waals surface area contributed by atoms with Gasteiger partial charge >= 0.3 is 5.97 Å². The molecule has 0 aliphatic heterocycles. The third kappa shape index (κ3) is 5.39. The van der Waals surface area contributed by atoms with Crippen molar-refractivity contribution < 1.29 is 23.8 Å². The zero-order valence-corrected chi connectivity index (χ0v) is 13.9. The molecule has 0 heterocycles. The number of carbonyl (C=O) groups excluding carboxylic acids is 2. The maximum Gasteiger partial charge on any atom is 0.306 e. The minimum Gasteiger partial charge on any atom is -0.493 e. The summed E-state index contributed by atoms with van der Waals surface area (Å²) >= 11 is 0. The van der Waals surface area contributed by atoms with E-state index in [0.29, 0.717) is 17.9 Å². The number of nitrogens with zero attached hydrogens (tertiary/aromatic N) is 1. The highest BCUT2D eigenvalue weighted by molar-refractivity contribution is 6.05. The summed E-state index contributed by atoms with van der Waals surface area (Å²) in [6.07, 6.45) is 0.502. The first-order valence-electron chi connectivity index (χ1n) is 7.26. The minimum absolute atomic E-state index is 0.0659. The molecule has 1 aromatic rings. The standard InChI is InChI=1S/C17H20N2O5/c1-11(19)13(9-18)14(20)10-24-17(21)7-5-12-4-6-15(22-2)16(8-12)23-3/h4,6,8,13,19H,5,7,10H2,1-3H3. The van der Waals surface area contributed by atoms with E-state index in [0.717, 1.165) is 5.56 Å². The Labute approximate surface area is 140 Å². The van der Waals surface area contributed by atoms with Gasteiger partial charge in [0.2, 0.25) is 0 Å². The molecule has 128 valence electrons. The van der Waals surface area contributed by atoms with E-state index in [4.69, 9.17) is 24.9 Å². The van der Waals surface area contributed by atoms with E-state index < -0.39 is 24.3 Å². The lowest BCUT2D eigenvalue weighted by Crippen LogP contribution is -2.25. The lowest BCUT2D eigenvalue weighted by atomic mass is 10.0. The van der Waals surface area contributed by atoms with Gasteiger partial charge in [-0.15, -0.1) is 0 Å². The highest BCUT2D eigenvalue weighted by atomic mass is 16.5. The second-order valence-corrected chi connectivity index (χ2v) is 5.06. The van der Waals surface area contributed by atoms with Crippen molar-refractivity contribution in [2.75, 3.05) is 20.8 Å². The number of aryl methyl sites for hydroxylation is 1. The van der Waals surface area contributed by atoms with Gasteiger partial charge in [0.05, 0.1) is 20.3 Å². The summed E-state index contributed by atoms with van der Waals surface area (Å²) in [7, 11) is 3.06. The molecule has 0 aliphatic rings. The molecule has 1 N–H and O–H groups in total. The van der Waals surface area contributed by atoms with E-state index in [1.807, 2.05) is 6.07 Å². The van der Waals surface area contributed by atoms with Gasteiger partial charge in [-0.1, -0.05) is 6.07 Å². The molecule has 0 saturated heterocycles. The van der Waals surface area contributed by atoms with E-state index in [1.165, 1.54) is 21.1 Å². The summed E-state index contributed by atoms with van der Waals surface area (Å²) in [6, 6.07) is 7.03. The summed E-state index contributed by atoms with van der Waals surface area (Å²) in [6.45, 7) is 0.865. The molecule has 0 bridgehead atoms. The number of Topliss-reactive ketones (excluding diaryl/α,β-unsaturated/α-hetero) is 1. The zero-order valence-electron chi connectivity index (χ0n) is 13.9. The van der Waals surface area contributed by atoms with Crippen LogP contribution >= 0.6 is 0 Å². The molecule has 1 rings (SSSR count). The molecule has 0 aromatic heterocycles. The molecule has 1 atom stereocenters. The largest absolute Gasteiger partial charge is 0.493 e. The summed E-state index contributed by atoms with van der Waals surface area (Å²) < 4.78 is 15.2. The van der Waals surface area contributed by atoms with Gasteiger partial charge in [0.15, 0.2) is 23.9 Å². The van der Waals surface area contributed by atoms with Gasteiger partial charge in [-0.2, -0.15) is 5.26 Å². The van der Waals surface area contributed by atoms with E-state index in [9.17, 15) is 9.59 Å². The molecule has 0 fully saturated rings. The molecule has 0 aliphatic carbocycles. The predicted molar refractivity (Wildman–Crippen MR) is 86.3 cm³/mol. The van der Waals surface area contributed by atoms with Crippen LogP contribution in [0.2, 0.25) is 0 Å². The molecular formula is C17H20N2O5. The molecule has 0 amide bonds. The van der Waals surface area contributed by atoms with Crippen molar-refractivity contribution in [3.05, 3.63) is 23.8 Å². The molecule has 1 unspecified atom stereocenters. The number of nitrogens with one attached hydrogen (secondary N) is 1. The van der Waals surface area contributed by atoms with Gasteiger partial charge in [0.25, 0.3) is 0 Å². The van der Waals surface area contributed by atoms with Crippen LogP contribution in [0.4, 0.5) is 0 Å². The van der Waals surface area contributed by atoms with Crippen LogP contribution in [0.3, 0.4) is 0 Å². The Balaban J connectivity index is 2.51. The molecule has 0 spiro atoms. The van der Waals surface area contributed by atoms with E-state index in [2.05, 4.69) is 0 Å². The maximum absolute atomic E-state index is 11.7. The average Bonchev–Trinajstić information content (AvgIpc) is 2.57. The van der Waals surface area contributed by atoms with E-state index >= 15 is 0 Å². The van der Waals surface area contributed by atoms with Crippen molar-refractivity contribution in [3.8, 4) is 17.6 Å². The van der Waals surface area contributed by atoms with Crippen LogP contribution in [0.15, 0.2) is 18.2 Å². The number of hydrogen-bond acceptors (Lipinski definition) is 7. The van der Waals surface area contributed by atoms with Crippen LogP contribution in [0.25, 0.3) is 0 Å². The molecule has 24 heavy (non-hydrogen) atoms. The molecule has 7 heteroatoms. The molecule has 0 radical (unpaired) electrons. The van der Waals surface area contributed by atoms with Crippen molar-refractivity contribution in [2.24, 2.45) is 5.92 Å². The van der Waals surface area contributed by atoms with E-state index in [1.54, 1.807) is 18.2 Å². The lowest BCUT2D eigenvalue weighted by Gasteiger charge is -2.10. The number of carbonyl (C=O) groups is 2. The quantitative estimate of drug-likeness (QED) is 0.546. The third-order valence-corrected chi connectivity index (χ3v) is 3.33. The first-order chi connectivity index (χ1) is 11.4. The number of rotatable bonds is 9. The number of ketones is 1. The van der Waals surface area contributed by atoms with Crippen LogP contribution in [0, 0.1) is 22.7 Å². The summed E-state index contributed by atoms with van der Waals surface area (Å²) in [4.78, 5) is 23.4. The second kappa shape index (κ2) is 9.30. The Morgan fingerprint density at radius 1 is 1.25 bits per heavy atom. The number of esters is 1. The van der Waals surface area contributed by atoms with Crippen molar-refractivity contribution in [2.45, 2.75) is 19.8 Å². The van der Waals surface area contributed by atoms with Crippen molar-refractivity contribution in [1.29, 1.82) is 10.7 Å². The fraction of sp³-hybridized carbons (Fsp3) is 0.412. The predicted octanol–water partition coefficient (Wildman–Crippen LogP) is 1.93. The summed E-state index contributed by atoms with van der Waals surface area (Å²) in [5.41, 5.74) is 0.796. The Hall–Kier alpha value is -2.88. The van der Waals surface area contributed by atoms with Crippen LogP contribution in [-0.2, 0) is 20.7 Å². The number of benzene rings is 1. The number of methoxy groups -OCH3 is 2. The monoisotopic (exact) mass is 332 g/mol. The second-order valence-electron chi connectivity index (χ2n) is 5.06. The maximum atomic E-state index is 11.7. The Kier molecular flexibility index (Phi) is 7.43. The van der Waals surface area contributed by atoms with Gasteiger partial charge in [-0.05, 0) is 31.0 Å². The molecule has 7 nitrogen and oxygen atoms in total. The fourth-order valence-electron chi connectivity index (χ4n) is 2.00.